The van der Waals surface area contributed by atoms with Crippen LogP contribution in [0.2, 0.25) is 0 Å². The van der Waals surface area contributed by atoms with Crippen LogP contribution in [0, 0.1) is 27.7 Å². The van der Waals surface area contributed by atoms with E-state index in [1.807, 2.05) is 41.5 Å². The Bertz CT molecular complexity index is 1060. The van der Waals surface area contributed by atoms with Crippen molar-refractivity contribution in [3.05, 3.63) is 80.3 Å². The maximum atomic E-state index is 13.3. The Hall–Kier alpha value is -2.66. The largest absolute Gasteiger partial charge is 0.486 e. The number of ether oxygens (including phenoxy) is 1. The summed E-state index contributed by atoms with van der Waals surface area (Å²) in [5, 5.41) is 2.95. The van der Waals surface area contributed by atoms with Gasteiger partial charge in [0.1, 0.15) is 17.4 Å². The number of rotatable bonds is 8. The van der Waals surface area contributed by atoms with E-state index in [1.54, 1.807) is 11.3 Å². The molecule has 0 saturated heterocycles. The van der Waals surface area contributed by atoms with Crippen molar-refractivity contribution in [2.45, 2.75) is 67.2 Å². The van der Waals surface area contributed by atoms with Gasteiger partial charge < -0.3 is 9.64 Å². The number of carbonyl (C=O) groups excluding carboxylic acids is 1. The van der Waals surface area contributed by atoms with Crippen molar-refractivity contribution in [1.82, 2.24) is 9.88 Å². The van der Waals surface area contributed by atoms with Crippen LogP contribution in [0.5, 0.6) is 5.75 Å². The van der Waals surface area contributed by atoms with Gasteiger partial charge in [-0.25, -0.2) is 4.98 Å². The van der Waals surface area contributed by atoms with Gasteiger partial charge in [-0.05, 0) is 75.4 Å². The van der Waals surface area contributed by atoms with Gasteiger partial charge in [0.05, 0.1) is 12.2 Å². The average molecular weight is 437 g/mol. The van der Waals surface area contributed by atoms with Crippen molar-refractivity contribution in [1.29, 1.82) is 0 Å². The number of nitrogens with zero attached hydrogens (tertiary/aromatic N) is 2. The summed E-state index contributed by atoms with van der Waals surface area (Å²) in [6.07, 6.45) is 0.893. The zero-order valence-electron chi connectivity index (χ0n) is 19.4. The van der Waals surface area contributed by atoms with Gasteiger partial charge in [-0.1, -0.05) is 31.2 Å². The smallest absolute Gasteiger partial charge is 0.254 e. The van der Waals surface area contributed by atoms with E-state index in [0.29, 0.717) is 13.2 Å². The Morgan fingerprint density at radius 3 is 2.58 bits per heavy atom. The first-order chi connectivity index (χ1) is 14.8. The molecule has 1 atom stereocenters. The summed E-state index contributed by atoms with van der Waals surface area (Å²) in [5.41, 5.74) is 6.24. The highest BCUT2D eigenvalue weighted by atomic mass is 32.1. The molecular weight excluding hydrogens is 404 g/mol. The number of aryl methyl sites for hydroxylation is 3. The molecular formula is C26H32N2O2S. The molecule has 3 aromatic rings. The SMILES string of the molecule is CC[C@@H](C)N(Cc1csc(COc2cc(C)cc(C)c2C)n1)C(=O)c1ccccc1C. The summed E-state index contributed by atoms with van der Waals surface area (Å²) in [5.74, 6) is 0.967. The summed E-state index contributed by atoms with van der Waals surface area (Å²) in [6, 6.07) is 12.1. The highest BCUT2D eigenvalue weighted by Crippen LogP contribution is 2.25. The normalized spacial score (nSPS) is 11.9. The molecule has 1 aromatic heterocycles. The molecule has 5 heteroatoms. The molecule has 0 bridgehead atoms. The molecule has 0 radical (unpaired) electrons. The highest BCUT2D eigenvalue weighted by Gasteiger charge is 2.23. The lowest BCUT2D eigenvalue weighted by molar-refractivity contribution is 0.0668. The van der Waals surface area contributed by atoms with Crippen LogP contribution in [0.25, 0.3) is 0 Å². The molecule has 0 saturated carbocycles. The average Bonchev–Trinajstić information content (AvgIpc) is 3.20. The Kier molecular flexibility index (Phi) is 7.50. The van der Waals surface area contributed by atoms with Gasteiger partial charge in [-0.15, -0.1) is 11.3 Å². The van der Waals surface area contributed by atoms with Crippen LogP contribution < -0.4 is 4.74 Å². The Labute approximate surface area is 189 Å². The van der Waals surface area contributed by atoms with Crippen LogP contribution >= 0.6 is 11.3 Å². The minimum atomic E-state index is 0.0594. The fourth-order valence-corrected chi connectivity index (χ4v) is 4.26. The maximum Gasteiger partial charge on any atom is 0.254 e. The molecule has 0 N–H and O–H groups in total. The quantitative estimate of drug-likeness (QED) is 0.410. The minimum absolute atomic E-state index is 0.0594. The molecule has 164 valence electrons. The summed E-state index contributed by atoms with van der Waals surface area (Å²) in [6.45, 7) is 13.4. The van der Waals surface area contributed by atoms with Crippen molar-refractivity contribution in [3.63, 3.8) is 0 Å². The van der Waals surface area contributed by atoms with Gasteiger partial charge >= 0.3 is 0 Å². The maximum absolute atomic E-state index is 13.3. The van der Waals surface area contributed by atoms with Gasteiger partial charge in [0.15, 0.2) is 0 Å². The molecule has 4 nitrogen and oxygen atoms in total. The lowest BCUT2D eigenvalue weighted by Gasteiger charge is -2.28. The molecule has 0 fully saturated rings. The van der Waals surface area contributed by atoms with Gasteiger partial charge in [-0.2, -0.15) is 0 Å². The van der Waals surface area contributed by atoms with Crippen LogP contribution in [-0.4, -0.2) is 21.8 Å². The third-order valence-corrected chi connectivity index (χ3v) is 6.68. The molecule has 0 unspecified atom stereocenters. The second kappa shape index (κ2) is 10.1. The third-order valence-electron chi connectivity index (χ3n) is 5.81. The molecule has 0 aliphatic heterocycles. The van der Waals surface area contributed by atoms with Crippen LogP contribution in [0.1, 0.15) is 63.6 Å². The van der Waals surface area contributed by atoms with Gasteiger partial charge in [0, 0.05) is 17.0 Å². The first-order valence-corrected chi connectivity index (χ1v) is 11.7. The van der Waals surface area contributed by atoms with Crippen molar-refractivity contribution < 1.29 is 9.53 Å². The standard InChI is InChI=1S/C26H32N2O2S/c1-7-20(5)28(26(29)23-11-9-8-10-18(23)3)14-22-16-31-25(27-22)15-30-24-13-17(2)12-19(4)21(24)6/h8-13,16,20H,7,14-15H2,1-6H3/t20-/m1/s1. The fourth-order valence-electron chi connectivity index (χ4n) is 3.57. The van der Waals surface area contributed by atoms with E-state index >= 15 is 0 Å². The number of aromatic nitrogens is 1. The zero-order valence-corrected chi connectivity index (χ0v) is 20.2. The van der Waals surface area contributed by atoms with E-state index < -0.39 is 0 Å². The number of hydrogen-bond acceptors (Lipinski definition) is 4. The Morgan fingerprint density at radius 1 is 1.13 bits per heavy atom. The lowest BCUT2D eigenvalue weighted by Crippen LogP contribution is -2.38. The summed E-state index contributed by atoms with van der Waals surface area (Å²) in [4.78, 5) is 19.9. The van der Waals surface area contributed by atoms with E-state index in [2.05, 4.69) is 46.8 Å². The predicted octanol–water partition coefficient (Wildman–Crippen LogP) is 6.40. The first-order valence-electron chi connectivity index (χ1n) is 10.8. The van der Waals surface area contributed by atoms with Crippen LogP contribution in [0.4, 0.5) is 0 Å². The fraction of sp³-hybridized carbons (Fsp3) is 0.385. The van der Waals surface area contributed by atoms with E-state index in [-0.39, 0.29) is 11.9 Å². The van der Waals surface area contributed by atoms with Crippen LogP contribution in [-0.2, 0) is 13.2 Å². The molecule has 1 heterocycles. The summed E-state index contributed by atoms with van der Waals surface area (Å²) in [7, 11) is 0. The van der Waals surface area contributed by atoms with Crippen molar-refractivity contribution in [3.8, 4) is 5.75 Å². The van der Waals surface area contributed by atoms with Crippen LogP contribution in [0.15, 0.2) is 41.8 Å². The van der Waals surface area contributed by atoms with E-state index in [9.17, 15) is 4.79 Å². The first kappa shape index (κ1) is 23.0. The molecule has 0 aliphatic carbocycles. The second-order valence-corrected chi connectivity index (χ2v) is 9.17. The lowest BCUT2D eigenvalue weighted by atomic mass is 10.1. The number of hydrogen-bond donors (Lipinski definition) is 0. The zero-order chi connectivity index (χ0) is 22.5. The van der Waals surface area contributed by atoms with Crippen molar-refractivity contribution in [2.24, 2.45) is 0 Å². The monoisotopic (exact) mass is 436 g/mol. The molecule has 0 aliphatic rings. The molecule has 1 amide bonds. The third kappa shape index (κ3) is 5.53. The molecule has 31 heavy (non-hydrogen) atoms. The van der Waals surface area contributed by atoms with Gasteiger partial charge in [-0.3, -0.25) is 4.79 Å². The number of benzene rings is 2. The topological polar surface area (TPSA) is 42.4 Å². The van der Waals surface area contributed by atoms with Crippen LogP contribution in [0.3, 0.4) is 0 Å². The molecule has 2 aromatic carbocycles. The van der Waals surface area contributed by atoms with Gasteiger partial charge in [0.25, 0.3) is 5.91 Å². The Balaban J connectivity index is 1.73. The van der Waals surface area contributed by atoms with Crippen molar-refractivity contribution >= 4 is 17.2 Å². The highest BCUT2D eigenvalue weighted by molar-refractivity contribution is 7.09. The molecule has 3 rings (SSSR count). The second-order valence-electron chi connectivity index (χ2n) is 8.23. The summed E-state index contributed by atoms with van der Waals surface area (Å²) >= 11 is 1.58. The van der Waals surface area contributed by atoms with Gasteiger partial charge in [0.2, 0.25) is 0 Å². The van der Waals surface area contributed by atoms with E-state index in [4.69, 9.17) is 9.72 Å². The van der Waals surface area contributed by atoms with E-state index in [0.717, 1.165) is 39.6 Å². The Morgan fingerprint density at radius 2 is 1.87 bits per heavy atom. The van der Waals surface area contributed by atoms with E-state index in [1.165, 1.54) is 11.1 Å². The minimum Gasteiger partial charge on any atom is -0.486 e. The molecule has 0 spiro atoms. The number of carbonyl (C=O) groups is 1. The number of thiazole rings is 1. The summed E-state index contributed by atoms with van der Waals surface area (Å²) < 4.78 is 6.07. The van der Waals surface area contributed by atoms with Crippen molar-refractivity contribution in [2.75, 3.05) is 0 Å². The number of amides is 1. The predicted molar refractivity (Wildman–Crippen MR) is 128 cm³/mol.